The molecule has 3 heteroatoms. The van der Waals surface area contributed by atoms with Gasteiger partial charge in [0.25, 0.3) is 0 Å². The van der Waals surface area contributed by atoms with Gasteiger partial charge in [-0.2, -0.15) is 0 Å². The second kappa shape index (κ2) is 4.59. The minimum atomic E-state index is -0.201. The summed E-state index contributed by atoms with van der Waals surface area (Å²) in [7, 11) is 0. The zero-order valence-corrected chi connectivity index (χ0v) is 12.0. The van der Waals surface area contributed by atoms with E-state index in [9.17, 15) is 5.11 Å². The van der Waals surface area contributed by atoms with Crippen LogP contribution in [0.1, 0.15) is 32.0 Å². The molecule has 2 aliphatic rings. The molecule has 1 heterocycles. The van der Waals surface area contributed by atoms with E-state index in [0.717, 1.165) is 29.7 Å². The van der Waals surface area contributed by atoms with Crippen LogP contribution in [-0.4, -0.2) is 20.8 Å². The van der Waals surface area contributed by atoms with Gasteiger partial charge in [-0.1, -0.05) is 18.6 Å². The van der Waals surface area contributed by atoms with Crippen molar-refractivity contribution in [2.24, 2.45) is 17.8 Å². The van der Waals surface area contributed by atoms with Crippen molar-refractivity contribution in [2.75, 3.05) is 0 Å². The third-order valence-electron chi connectivity index (χ3n) is 5.36. The van der Waals surface area contributed by atoms with Crippen LogP contribution in [0.2, 0.25) is 0 Å². The Kier molecular flexibility index (Phi) is 2.84. The molecule has 0 aliphatic heterocycles. The molecule has 2 saturated carbocycles. The number of benzene rings is 1. The lowest BCUT2D eigenvalue weighted by Crippen LogP contribution is -2.19. The van der Waals surface area contributed by atoms with Crippen LogP contribution in [0.5, 0.6) is 0 Å². The topological polar surface area (TPSA) is 38.0 Å². The molecule has 0 saturated heterocycles. The molecule has 20 heavy (non-hydrogen) atoms. The second-order valence-corrected chi connectivity index (χ2v) is 6.37. The third-order valence-corrected chi connectivity index (χ3v) is 5.36. The fourth-order valence-electron chi connectivity index (χ4n) is 4.40. The highest BCUT2D eigenvalue weighted by molar-refractivity contribution is 5.75. The molecular weight excluding hydrogens is 248 g/mol. The Balaban J connectivity index is 1.59. The van der Waals surface area contributed by atoms with Crippen LogP contribution in [0.3, 0.4) is 0 Å². The minimum absolute atomic E-state index is 0.201. The number of rotatable bonds is 4. The number of aryl methyl sites for hydroxylation is 1. The zero-order valence-electron chi connectivity index (χ0n) is 12.0. The maximum atomic E-state index is 10.5. The first-order valence-electron chi connectivity index (χ1n) is 7.91. The molecule has 1 aromatic carbocycles. The number of fused-ring (bicyclic) bond motifs is 2. The van der Waals surface area contributed by atoms with Gasteiger partial charge in [-0.25, -0.2) is 4.98 Å². The van der Waals surface area contributed by atoms with E-state index in [4.69, 9.17) is 4.98 Å². The lowest BCUT2D eigenvalue weighted by molar-refractivity contribution is 0.132. The average molecular weight is 270 g/mol. The molecule has 1 N–H and O–H groups in total. The van der Waals surface area contributed by atoms with Gasteiger partial charge >= 0.3 is 0 Å². The Labute approximate surface area is 119 Å². The zero-order chi connectivity index (χ0) is 13.7. The van der Waals surface area contributed by atoms with E-state index >= 15 is 0 Å². The first kappa shape index (κ1) is 12.4. The number of hydrogen-bond acceptors (Lipinski definition) is 2. The number of hydrogen-bond donors (Lipinski definition) is 1. The molecule has 4 rings (SSSR count). The second-order valence-electron chi connectivity index (χ2n) is 6.37. The summed E-state index contributed by atoms with van der Waals surface area (Å²) in [5.41, 5.74) is 2.24. The van der Waals surface area contributed by atoms with Gasteiger partial charge in [0.05, 0.1) is 17.1 Å². The molecule has 2 aliphatic carbocycles. The number of aromatic nitrogens is 2. The van der Waals surface area contributed by atoms with Crippen molar-refractivity contribution < 1.29 is 5.11 Å². The van der Waals surface area contributed by atoms with Crippen molar-refractivity contribution in [3.63, 3.8) is 0 Å². The fourth-order valence-corrected chi connectivity index (χ4v) is 4.40. The summed E-state index contributed by atoms with van der Waals surface area (Å²) in [5, 5.41) is 10.5. The van der Waals surface area contributed by atoms with E-state index in [-0.39, 0.29) is 6.10 Å². The first-order chi connectivity index (χ1) is 9.79. The van der Waals surface area contributed by atoms with Crippen molar-refractivity contribution in [2.45, 2.75) is 45.3 Å². The summed E-state index contributed by atoms with van der Waals surface area (Å²) < 4.78 is 2.25. The molecular formula is C17H22N2O. The van der Waals surface area contributed by atoms with Gasteiger partial charge in [0.2, 0.25) is 0 Å². The Hall–Kier alpha value is -1.35. The van der Waals surface area contributed by atoms with Crippen molar-refractivity contribution in [3.05, 3.63) is 30.1 Å². The van der Waals surface area contributed by atoms with E-state index in [0.29, 0.717) is 12.3 Å². The molecule has 106 valence electrons. The van der Waals surface area contributed by atoms with Crippen LogP contribution >= 0.6 is 0 Å². The van der Waals surface area contributed by atoms with Gasteiger partial charge in [-0.3, -0.25) is 0 Å². The quantitative estimate of drug-likeness (QED) is 0.927. The number of aliphatic hydroxyl groups is 1. The lowest BCUT2D eigenvalue weighted by atomic mass is 10.0. The van der Waals surface area contributed by atoms with E-state index in [1.54, 1.807) is 0 Å². The monoisotopic (exact) mass is 270 g/mol. The molecule has 2 fully saturated rings. The van der Waals surface area contributed by atoms with Gasteiger partial charge in [0.1, 0.15) is 5.82 Å². The van der Waals surface area contributed by atoms with E-state index in [1.807, 2.05) is 6.07 Å². The Morgan fingerprint density at radius 1 is 1.30 bits per heavy atom. The first-order valence-corrected chi connectivity index (χ1v) is 7.91. The molecule has 3 nitrogen and oxygen atoms in total. The Morgan fingerprint density at radius 2 is 2.05 bits per heavy atom. The highest BCUT2D eigenvalue weighted by atomic mass is 16.3. The van der Waals surface area contributed by atoms with E-state index < -0.39 is 0 Å². The SMILES string of the molecule is CCn1c(CC(O)C2C3CCCC32)nc2ccccc21. The minimum Gasteiger partial charge on any atom is -0.392 e. The van der Waals surface area contributed by atoms with Crippen LogP contribution in [0.25, 0.3) is 11.0 Å². The lowest BCUT2D eigenvalue weighted by Gasteiger charge is -2.13. The van der Waals surface area contributed by atoms with Crippen LogP contribution in [0.15, 0.2) is 24.3 Å². The van der Waals surface area contributed by atoms with Gasteiger partial charge in [-0.15, -0.1) is 0 Å². The van der Waals surface area contributed by atoms with E-state index in [2.05, 4.69) is 29.7 Å². The summed E-state index contributed by atoms with van der Waals surface area (Å²) >= 11 is 0. The summed E-state index contributed by atoms with van der Waals surface area (Å²) in [5.74, 6) is 3.22. The average Bonchev–Trinajstić information content (AvgIpc) is 2.83. The highest BCUT2D eigenvalue weighted by Crippen LogP contribution is 2.59. The molecule has 2 aromatic rings. The van der Waals surface area contributed by atoms with Gasteiger partial charge in [0, 0.05) is 13.0 Å². The molecule has 0 radical (unpaired) electrons. The van der Waals surface area contributed by atoms with Gasteiger partial charge in [0.15, 0.2) is 0 Å². The molecule has 0 spiro atoms. The van der Waals surface area contributed by atoms with Crippen molar-refractivity contribution in [1.82, 2.24) is 9.55 Å². The maximum Gasteiger partial charge on any atom is 0.112 e. The molecule has 3 unspecified atom stereocenters. The smallest absolute Gasteiger partial charge is 0.112 e. The normalized spacial score (nSPS) is 29.6. The van der Waals surface area contributed by atoms with Crippen molar-refractivity contribution in [1.29, 1.82) is 0 Å². The number of nitrogens with zero attached hydrogens (tertiary/aromatic N) is 2. The highest BCUT2D eigenvalue weighted by Gasteiger charge is 2.55. The predicted molar refractivity (Wildman–Crippen MR) is 79.4 cm³/mol. The standard InChI is InChI=1S/C17H22N2O/c1-2-19-14-9-4-3-8-13(14)18-16(19)10-15(20)17-11-6-5-7-12(11)17/h3-4,8-9,11-12,15,17,20H,2,5-7,10H2,1H3. The van der Waals surface area contributed by atoms with Crippen LogP contribution in [0.4, 0.5) is 0 Å². The van der Waals surface area contributed by atoms with Gasteiger partial charge < -0.3 is 9.67 Å². The summed E-state index contributed by atoms with van der Waals surface area (Å²) in [4.78, 5) is 4.73. The summed E-state index contributed by atoms with van der Waals surface area (Å²) in [6.07, 6.45) is 4.53. The largest absolute Gasteiger partial charge is 0.392 e. The number of para-hydroxylation sites is 2. The van der Waals surface area contributed by atoms with Crippen LogP contribution in [0, 0.1) is 17.8 Å². The Bertz CT molecular complexity index is 623. The fraction of sp³-hybridized carbons (Fsp3) is 0.588. The van der Waals surface area contributed by atoms with Crippen molar-refractivity contribution in [3.8, 4) is 0 Å². The van der Waals surface area contributed by atoms with Gasteiger partial charge in [-0.05, 0) is 49.7 Å². The van der Waals surface area contributed by atoms with Crippen molar-refractivity contribution >= 4 is 11.0 Å². The summed E-state index contributed by atoms with van der Waals surface area (Å²) in [6.45, 7) is 3.07. The Morgan fingerprint density at radius 3 is 2.80 bits per heavy atom. The number of imidazole rings is 1. The molecule has 0 bridgehead atoms. The number of aliphatic hydroxyl groups excluding tert-OH is 1. The van der Waals surface area contributed by atoms with E-state index in [1.165, 1.54) is 24.8 Å². The molecule has 1 aromatic heterocycles. The molecule has 0 amide bonds. The third kappa shape index (κ3) is 1.80. The predicted octanol–water partition coefficient (Wildman–Crippen LogP) is 3.01. The summed E-state index contributed by atoms with van der Waals surface area (Å²) in [6, 6.07) is 8.26. The van der Waals surface area contributed by atoms with Crippen LogP contribution < -0.4 is 0 Å². The van der Waals surface area contributed by atoms with Crippen LogP contribution in [-0.2, 0) is 13.0 Å². The maximum absolute atomic E-state index is 10.5. The molecule has 3 atom stereocenters.